The van der Waals surface area contributed by atoms with Crippen LogP contribution in [-0.2, 0) is 6.42 Å². The van der Waals surface area contributed by atoms with Crippen molar-refractivity contribution in [3.05, 3.63) is 42.1 Å². The first-order chi connectivity index (χ1) is 13.8. The second-order valence-corrected chi connectivity index (χ2v) is 8.35. The SMILES string of the molecule is CCCCC1CCC(CCc2ccc(-c3ccc(OCCC)cc3)nn2)CC1. The number of aromatic nitrogens is 2. The monoisotopic (exact) mass is 380 g/mol. The molecule has 0 N–H and O–H groups in total. The lowest BCUT2D eigenvalue weighted by Crippen LogP contribution is -2.15. The normalized spacial score (nSPS) is 19.5. The molecule has 1 saturated carbocycles. The fourth-order valence-corrected chi connectivity index (χ4v) is 4.24. The van der Waals surface area contributed by atoms with E-state index in [0.717, 1.165) is 54.0 Å². The number of rotatable bonds is 10. The Bertz CT molecular complexity index is 673. The molecule has 1 aromatic heterocycles. The van der Waals surface area contributed by atoms with Crippen molar-refractivity contribution in [2.75, 3.05) is 6.61 Å². The molecule has 0 radical (unpaired) electrons. The molecular formula is C25H36N2O. The number of ether oxygens (including phenoxy) is 1. The molecule has 3 rings (SSSR count). The molecule has 0 spiro atoms. The van der Waals surface area contributed by atoms with Crippen LogP contribution in [0.4, 0.5) is 0 Å². The number of nitrogens with zero attached hydrogens (tertiary/aromatic N) is 2. The van der Waals surface area contributed by atoms with E-state index >= 15 is 0 Å². The van der Waals surface area contributed by atoms with Crippen molar-refractivity contribution in [1.82, 2.24) is 10.2 Å². The van der Waals surface area contributed by atoms with Crippen molar-refractivity contribution in [1.29, 1.82) is 0 Å². The van der Waals surface area contributed by atoms with Gasteiger partial charge in [-0.25, -0.2) is 0 Å². The molecule has 0 bridgehead atoms. The van der Waals surface area contributed by atoms with Gasteiger partial charge in [0.25, 0.3) is 0 Å². The van der Waals surface area contributed by atoms with Gasteiger partial charge in [0.15, 0.2) is 0 Å². The molecule has 3 heteroatoms. The Morgan fingerprint density at radius 2 is 1.54 bits per heavy atom. The summed E-state index contributed by atoms with van der Waals surface area (Å²) in [7, 11) is 0. The van der Waals surface area contributed by atoms with Gasteiger partial charge in [-0.2, -0.15) is 10.2 Å². The maximum absolute atomic E-state index is 5.64. The minimum Gasteiger partial charge on any atom is -0.494 e. The van der Waals surface area contributed by atoms with E-state index in [-0.39, 0.29) is 0 Å². The zero-order chi connectivity index (χ0) is 19.6. The summed E-state index contributed by atoms with van der Waals surface area (Å²) in [6, 6.07) is 12.4. The number of benzene rings is 1. The van der Waals surface area contributed by atoms with Crippen LogP contribution >= 0.6 is 0 Å². The minimum atomic E-state index is 0.758. The highest BCUT2D eigenvalue weighted by molar-refractivity contribution is 5.59. The molecule has 0 saturated heterocycles. The molecule has 152 valence electrons. The molecule has 0 atom stereocenters. The molecule has 1 heterocycles. The molecule has 1 fully saturated rings. The van der Waals surface area contributed by atoms with Gasteiger partial charge in [-0.3, -0.25) is 0 Å². The summed E-state index contributed by atoms with van der Waals surface area (Å²) in [6.45, 7) is 5.17. The largest absolute Gasteiger partial charge is 0.494 e. The number of unbranched alkanes of at least 4 members (excludes halogenated alkanes) is 1. The molecule has 1 aromatic carbocycles. The Kier molecular flexibility index (Phi) is 8.32. The average Bonchev–Trinajstić information content (AvgIpc) is 2.76. The summed E-state index contributed by atoms with van der Waals surface area (Å²) in [5, 5.41) is 8.95. The van der Waals surface area contributed by atoms with Crippen LogP contribution in [0.15, 0.2) is 36.4 Å². The van der Waals surface area contributed by atoms with Gasteiger partial charge in [0, 0.05) is 5.56 Å². The van der Waals surface area contributed by atoms with Gasteiger partial charge in [-0.1, -0.05) is 58.8 Å². The molecule has 1 aliphatic rings. The second-order valence-electron chi connectivity index (χ2n) is 8.35. The summed E-state index contributed by atoms with van der Waals surface area (Å²) in [4.78, 5) is 0. The van der Waals surface area contributed by atoms with Crippen molar-refractivity contribution in [2.24, 2.45) is 11.8 Å². The van der Waals surface area contributed by atoms with Crippen LogP contribution in [0.3, 0.4) is 0 Å². The lowest BCUT2D eigenvalue weighted by atomic mass is 9.78. The molecule has 2 aromatic rings. The van der Waals surface area contributed by atoms with Crippen molar-refractivity contribution >= 4 is 0 Å². The summed E-state index contributed by atoms with van der Waals surface area (Å²) < 4.78 is 5.64. The Balaban J connectivity index is 1.44. The van der Waals surface area contributed by atoms with Gasteiger partial charge in [-0.05, 0) is 67.5 Å². The predicted octanol–water partition coefficient (Wildman–Crippen LogP) is 6.86. The first-order valence-corrected chi connectivity index (χ1v) is 11.3. The van der Waals surface area contributed by atoms with E-state index in [1.54, 1.807) is 0 Å². The molecular weight excluding hydrogens is 344 g/mol. The fraction of sp³-hybridized carbons (Fsp3) is 0.600. The fourth-order valence-electron chi connectivity index (χ4n) is 4.24. The van der Waals surface area contributed by atoms with E-state index in [0.29, 0.717) is 0 Å². The summed E-state index contributed by atoms with van der Waals surface area (Å²) in [6.07, 6.45) is 13.2. The van der Waals surface area contributed by atoms with Gasteiger partial charge in [0.2, 0.25) is 0 Å². The van der Waals surface area contributed by atoms with Crippen LogP contribution in [0.2, 0.25) is 0 Å². The first-order valence-electron chi connectivity index (χ1n) is 11.3. The quantitative estimate of drug-likeness (QED) is 0.451. The van der Waals surface area contributed by atoms with Crippen LogP contribution < -0.4 is 4.74 Å². The number of hydrogen-bond donors (Lipinski definition) is 0. The highest BCUT2D eigenvalue weighted by atomic mass is 16.5. The van der Waals surface area contributed by atoms with Crippen LogP contribution in [0.25, 0.3) is 11.3 Å². The maximum Gasteiger partial charge on any atom is 0.119 e. The van der Waals surface area contributed by atoms with Gasteiger partial charge in [0.1, 0.15) is 5.75 Å². The molecule has 28 heavy (non-hydrogen) atoms. The highest BCUT2D eigenvalue weighted by Crippen LogP contribution is 2.34. The molecule has 3 nitrogen and oxygen atoms in total. The van der Waals surface area contributed by atoms with Crippen LogP contribution in [0, 0.1) is 11.8 Å². The Hall–Kier alpha value is -1.90. The number of aryl methyl sites for hydroxylation is 1. The third-order valence-electron chi connectivity index (χ3n) is 6.08. The van der Waals surface area contributed by atoms with Crippen molar-refractivity contribution in [3.63, 3.8) is 0 Å². The zero-order valence-electron chi connectivity index (χ0n) is 17.7. The predicted molar refractivity (Wildman–Crippen MR) is 117 cm³/mol. The summed E-state index contributed by atoms with van der Waals surface area (Å²) in [5.41, 5.74) is 3.15. The molecule has 0 amide bonds. The van der Waals surface area contributed by atoms with E-state index in [4.69, 9.17) is 4.74 Å². The van der Waals surface area contributed by atoms with Gasteiger partial charge < -0.3 is 4.74 Å². The summed E-state index contributed by atoms with van der Waals surface area (Å²) >= 11 is 0. The Morgan fingerprint density at radius 3 is 2.14 bits per heavy atom. The first kappa shape index (κ1) is 20.8. The second kappa shape index (κ2) is 11.2. The van der Waals surface area contributed by atoms with Crippen LogP contribution in [0.1, 0.15) is 77.3 Å². The van der Waals surface area contributed by atoms with E-state index < -0.39 is 0 Å². The maximum atomic E-state index is 5.64. The van der Waals surface area contributed by atoms with Crippen molar-refractivity contribution < 1.29 is 4.74 Å². The lowest BCUT2D eigenvalue weighted by molar-refractivity contribution is 0.249. The highest BCUT2D eigenvalue weighted by Gasteiger charge is 2.20. The third-order valence-corrected chi connectivity index (χ3v) is 6.08. The van der Waals surface area contributed by atoms with E-state index in [9.17, 15) is 0 Å². The van der Waals surface area contributed by atoms with Gasteiger partial charge in [-0.15, -0.1) is 0 Å². The summed E-state index contributed by atoms with van der Waals surface area (Å²) in [5.74, 6) is 2.80. The average molecular weight is 381 g/mol. The van der Waals surface area contributed by atoms with Gasteiger partial charge in [0.05, 0.1) is 18.0 Å². The number of hydrogen-bond acceptors (Lipinski definition) is 3. The Labute approximate surface area is 170 Å². The smallest absolute Gasteiger partial charge is 0.119 e. The standard InChI is InChI=1S/C25H36N2O/c1-3-5-6-20-7-9-21(10-8-20)11-14-23-15-18-25(27-26-23)22-12-16-24(17-13-22)28-19-4-2/h12-13,15-18,20-21H,3-11,14,19H2,1-2H3. The van der Waals surface area contributed by atoms with E-state index in [2.05, 4.69) is 48.3 Å². The van der Waals surface area contributed by atoms with E-state index in [1.165, 1.54) is 51.4 Å². The van der Waals surface area contributed by atoms with Crippen molar-refractivity contribution in [3.8, 4) is 17.0 Å². The lowest BCUT2D eigenvalue weighted by Gasteiger charge is -2.28. The van der Waals surface area contributed by atoms with Crippen LogP contribution in [-0.4, -0.2) is 16.8 Å². The molecule has 1 aliphatic carbocycles. The van der Waals surface area contributed by atoms with Gasteiger partial charge >= 0.3 is 0 Å². The minimum absolute atomic E-state index is 0.758. The third kappa shape index (κ3) is 6.32. The molecule has 0 unspecified atom stereocenters. The topological polar surface area (TPSA) is 35.0 Å². The zero-order valence-corrected chi connectivity index (χ0v) is 17.7. The van der Waals surface area contributed by atoms with E-state index in [1.807, 2.05) is 12.1 Å². The molecule has 0 aliphatic heterocycles. The van der Waals surface area contributed by atoms with Crippen molar-refractivity contribution in [2.45, 2.75) is 78.1 Å². The Morgan fingerprint density at radius 1 is 0.821 bits per heavy atom. The van der Waals surface area contributed by atoms with Crippen LogP contribution in [0.5, 0.6) is 5.75 Å².